The van der Waals surface area contributed by atoms with Crippen molar-refractivity contribution >= 4 is 16.7 Å². The Labute approximate surface area is 173 Å². The van der Waals surface area contributed by atoms with Crippen molar-refractivity contribution in [1.29, 1.82) is 0 Å². The standard InChI is InChI=1S/C23H34N5O/c1-2-3-4-5-6-7-8-11-17-29-20-27-16-12-13-21(18-27)24-19-28-23-15-10-9-14-22(23)25-26-28/h9-10,12-16,18,24H,2-8,11,17,19-20H2,1H3/q+1. The third-order valence-electron chi connectivity index (χ3n) is 5.09. The minimum absolute atomic E-state index is 0.573. The molecule has 0 fully saturated rings. The van der Waals surface area contributed by atoms with E-state index < -0.39 is 0 Å². The van der Waals surface area contributed by atoms with E-state index in [4.69, 9.17) is 4.74 Å². The van der Waals surface area contributed by atoms with Crippen LogP contribution in [-0.4, -0.2) is 21.6 Å². The molecule has 0 amide bonds. The van der Waals surface area contributed by atoms with Crippen LogP contribution in [-0.2, 0) is 18.1 Å². The molecule has 0 saturated carbocycles. The molecule has 0 aliphatic carbocycles. The van der Waals surface area contributed by atoms with E-state index in [-0.39, 0.29) is 0 Å². The van der Waals surface area contributed by atoms with Gasteiger partial charge in [-0.1, -0.05) is 69.2 Å². The van der Waals surface area contributed by atoms with Gasteiger partial charge in [-0.3, -0.25) is 0 Å². The van der Waals surface area contributed by atoms with E-state index in [1.807, 2.05) is 47.3 Å². The van der Waals surface area contributed by atoms with Crippen LogP contribution in [0.5, 0.6) is 0 Å². The van der Waals surface area contributed by atoms with Gasteiger partial charge in [-0.05, 0) is 24.6 Å². The Balaban J connectivity index is 1.33. The van der Waals surface area contributed by atoms with Gasteiger partial charge in [-0.2, -0.15) is 4.57 Å². The number of aromatic nitrogens is 4. The number of pyridine rings is 1. The van der Waals surface area contributed by atoms with Crippen molar-refractivity contribution in [1.82, 2.24) is 15.0 Å². The third-order valence-corrected chi connectivity index (χ3v) is 5.09. The molecule has 6 nitrogen and oxygen atoms in total. The Morgan fingerprint density at radius 3 is 2.62 bits per heavy atom. The average molecular weight is 397 g/mol. The number of unbranched alkanes of at least 4 members (excludes halogenated alkanes) is 7. The number of ether oxygens (including phenoxy) is 1. The van der Waals surface area contributed by atoms with Gasteiger partial charge in [0, 0.05) is 6.07 Å². The van der Waals surface area contributed by atoms with Gasteiger partial charge >= 0.3 is 0 Å². The summed E-state index contributed by atoms with van der Waals surface area (Å²) in [6, 6.07) is 12.1. The van der Waals surface area contributed by atoms with E-state index >= 15 is 0 Å². The van der Waals surface area contributed by atoms with Crippen LogP contribution in [0.15, 0.2) is 48.8 Å². The van der Waals surface area contributed by atoms with Gasteiger partial charge in [0.05, 0.1) is 12.1 Å². The first-order valence-corrected chi connectivity index (χ1v) is 11.0. The number of fused-ring (bicyclic) bond motifs is 1. The normalized spacial score (nSPS) is 11.2. The highest BCUT2D eigenvalue weighted by molar-refractivity contribution is 5.73. The SMILES string of the molecule is CCCCCCCCCCOC[n+]1cccc(NCn2nnc3ccccc32)c1. The molecule has 0 unspecified atom stereocenters. The maximum atomic E-state index is 5.84. The predicted octanol–water partition coefficient (Wildman–Crippen LogP) is 4.90. The predicted molar refractivity (Wildman–Crippen MR) is 116 cm³/mol. The van der Waals surface area contributed by atoms with Crippen LogP contribution in [0.25, 0.3) is 11.0 Å². The highest BCUT2D eigenvalue weighted by Gasteiger charge is 2.05. The molecule has 2 heterocycles. The fraction of sp³-hybridized carbons (Fsp3) is 0.522. The maximum Gasteiger partial charge on any atom is 0.252 e. The minimum atomic E-state index is 0.573. The lowest BCUT2D eigenvalue weighted by molar-refractivity contribution is -0.732. The Kier molecular flexibility index (Phi) is 8.91. The van der Waals surface area contributed by atoms with E-state index in [9.17, 15) is 0 Å². The lowest BCUT2D eigenvalue weighted by Crippen LogP contribution is -2.34. The minimum Gasteiger partial charge on any atom is -0.361 e. The van der Waals surface area contributed by atoms with Gasteiger partial charge in [0.2, 0.25) is 0 Å². The molecular formula is C23H34N5O+. The van der Waals surface area contributed by atoms with Crippen LogP contribution < -0.4 is 9.88 Å². The van der Waals surface area contributed by atoms with Crippen LogP contribution >= 0.6 is 0 Å². The Morgan fingerprint density at radius 2 is 1.76 bits per heavy atom. The van der Waals surface area contributed by atoms with Gasteiger partial charge in [0.1, 0.15) is 17.9 Å². The number of para-hydroxylation sites is 1. The van der Waals surface area contributed by atoms with Gasteiger partial charge in [-0.25, -0.2) is 4.68 Å². The number of hydrogen-bond acceptors (Lipinski definition) is 4. The molecule has 156 valence electrons. The van der Waals surface area contributed by atoms with Crippen LogP contribution in [0.2, 0.25) is 0 Å². The van der Waals surface area contributed by atoms with Crippen molar-refractivity contribution in [2.24, 2.45) is 0 Å². The van der Waals surface area contributed by atoms with Gasteiger partial charge in [0.25, 0.3) is 6.73 Å². The van der Waals surface area contributed by atoms with Crippen LogP contribution in [0.1, 0.15) is 58.3 Å². The molecule has 3 aromatic rings. The maximum absolute atomic E-state index is 5.84. The largest absolute Gasteiger partial charge is 0.361 e. The summed E-state index contributed by atoms with van der Waals surface area (Å²) < 4.78 is 9.76. The summed E-state index contributed by atoms with van der Waals surface area (Å²) in [4.78, 5) is 0. The van der Waals surface area contributed by atoms with E-state index in [0.717, 1.165) is 29.7 Å². The van der Waals surface area contributed by atoms with Crippen LogP contribution in [0, 0.1) is 0 Å². The van der Waals surface area contributed by atoms with Crippen molar-refractivity contribution < 1.29 is 9.30 Å². The van der Waals surface area contributed by atoms with E-state index in [1.165, 1.54) is 44.9 Å². The molecule has 1 N–H and O–H groups in total. The monoisotopic (exact) mass is 396 g/mol. The number of anilines is 1. The molecule has 1 aromatic carbocycles. The molecule has 0 saturated heterocycles. The van der Waals surface area contributed by atoms with E-state index in [1.54, 1.807) is 0 Å². The first-order valence-electron chi connectivity index (χ1n) is 11.0. The summed E-state index contributed by atoms with van der Waals surface area (Å²) in [7, 11) is 0. The van der Waals surface area contributed by atoms with E-state index in [0.29, 0.717) is 13.4 Å². The summed E-state index contributed by atoms with van der Waals surface area (Å²) in [5, 5.41) is 11.8. The highest BCUT2D eigenvalue weighted by atomic mass is 16.5. The average Bonchev–Trinajstić information content (AvgIpc) is 3.17. The summed E-state index contributed by atoms with van der Waals surface area (Å²) in [6.45, 7) is 4.24. The quantitative estimate of drug-likeness (QED) is 0.311. The van der Waals surface area contributed by atoms with Crippen molar-refractivity contribution in [2.75, 3.05) is 11.9 Å². The van der Waals surface area contributed by atoms with Crippen LogP contribution in [0.3, 0.4) is 0 Å². The molecule has 2 aromatic heterocycles. The lowest BCUT2D eigenvalue weighted by Gasteiger charge is -2.06. The second-order valence-electron chi connectivity index (χ2n) is 7.53. The number of nitrogens with zero attached hydrogens (tertiary/aromatic N) is 4. The molecule has 29 heavy (non-hydrogen) atoms. The number of hydrogen-bond donors (Lipinski definition) is 1. The number of rotatable bonds is 14. The zero-order valence-electron chi connectivity index (χ0n) is 17.6. The smallest absolute Gasteiger partial charge is 0.252 e. The molecule has 0 aliphatic heterocycles. The van der Waals surface area contributed by atoms with Crippen molar-refractivity contribution in [3.05, 3.63) is 48.8 Å². The first-order chi connectivity index (χ1) is 14.4. The summed E-state index contributed by atoms with van der Waals surface area (Å²) in [5.74, 6) is 0. The van der Waals surface area contributed by atoms with Crippen molar-refractivity contribution in [2.45, 2.75) is 71.7 Å². The number of benzene rings is 1. The molecule has 0 bridgehead atoms. The van der Waals surface area contributed by atoms with Crippen molar-refractivity contribution in [3.8, 4) is 0 Å². The summed E-state index contributed by atoms with van der Waals surface area (Å²) >= 11 is 0. The van der Waals surface area contributed by atoms with E-state index in [2.05, 4.69) is 33.3 Å². The van der Waals surface area contributed by atoms with Gasteiger partial charge in [0.15, 0.2) is 12.4 Å². The molecular weight excluding hydrogens is 362 g/mol. The molecule has 0 aliphatic rings. The zero-order valence-corrected chi connectivity index (χ0v) is 17.6. The molecule has 3 rings (SSSR count). The Morgan fingerprint density at radius 1 is 0.966 bits per heavy atom. The highest BCUT2D eigenvalue weighted by Crippen LogP contribution is 2.11. The molecule has 0 spiro atoms. The Hall–Kier alpha value is -2.47. The molecule has 0 atom stereocenters. The summed E-state index contributed by atoms with van der Waals surface area (Å²) in [5.41, 5.74) is 2.96. The zero-order chi connectivity index (χ0) is 20.2. The Bertz CT molecular complexity index is 848. The van der Waals surface area contributed by atoms with Gasteiger partial charge in [-0.15, -0.1) is 5.10 Å². The topological polar surface area (TPSA) is 55.9 Å². The second kappa shape index (κ2) is 12.2. The first kappa shape index (κ1) is 21.2. The molecule has 6 heteroatoms. The van der Waals surface area contributed by atoms with Crippen molar-refractivity contribution in [3.63, 3.8) is 0 Å². The van der Waals surface area contributed by atoms with Crippen LogP contribution in [0.4, 0.5) is 5.69 Å². The third kappa shape index (κ3) is 7.13. The van der Waals surface area contributed by atoms with Gasteiger partial charge < -0.3 is 10.1 Å². The lowest BCUT2D eigenvalue weighted by atomic mass is 10.1. The second-order valence-corrected chi connectivity index (χ2v) is 7.53. The fourth-order valence-electron chi connectivity index (χ4n) is 3.42. The molecule has 0 radical (unpaired) electrons. The summed E-state index contributed by atoms with van der Waals surface area (Å²) in [6.07, 6.45) is 14.7. The fourth-order valence-corrected chi connectivity index (χ4v) is 3.42. The number of nitrogens with one attached hydrogen (secondary N) is 1.